The van der Waals surface area contributed by atoms with Gasteiger partial charge in [0.2, 0.25) is 6.79 Å². The Bertz CT molecular complexity index is 1150. The zero-order chi connectivity index (χ0) is 23.7. The maximum atomic E-state index is 14.8. The van der Waals surface area contributed by atoms with Crippen LogP contribution in [0.4, 0.5) is 9.52 Å². The van der Waals surface area contributed by atoms with Crippen molar-refractivity contribution in [1.82, 2.24) is 10.3 Å². The van der Waals surface area contributed by atoms with Gasteiger partial charge in [-0.1, -0.05) is 38.1 Å². The van der Waals surface area contributed by atoms with E-state index in [4.69, 9.17) is 9.47 Å². The average molecular weight is 484 g/mol. The van der Waals surface area contributed by atoms with Gasteiger partial charge in [0, 0.05) is 22.7 Å². The van der Waals surface area contributed by atoms with Gasteiger partial charge in [0.1, 0.15) is 5.82 Å². The summed E-state index contributed by atoms with van der Waals surface area (Å²) in [7, 11) is 0. The lowest BCUT2D eigenvalue weighted by Gasteiger charge is -2.25. The molecule has 1 fully saturated rings. The minimum absolute atomic E-state index is 0.0136. The summed E-state index contributed by atoms with van der Waals surface area (Å²) in [6.07, 6.45) is 4.59. The number of nitrogens with one attached hydrogen (secondary N) is 2. The molecule has 0 radical (unpaired) electrons. The van der Waals surface area contributed by atoms with Crippen LogP contribution in [0.15, 0.2) is 48.7 Å². The Hall–Kier alpha value is -2.68. The lowest BCUT2D eigenvalue weighted by Crippen LogP contribution is -2.37. The van der Waals surface area contributed by atoms with Gasteiger partial charge in [0.25, 0.3) is 0 Å². The smallest absolute Gasteiger partial charge is 0.231 e. The van der Waals surface area contributed by atoms with Crippen molar-refractivity contribution in [3.05, 3.63) is 70.5 Å². The Kier molecular flexibility index (Phi) is 6.46. The van der Waals surface area contributed by atoms with Crippen LogP contribution < -0.4 is 20.1 Å². The van der Waals surface area contributed by atoms with Crippen molar-refractivity contribution in [3.8, 4) is 11.5 Å². The fourth-order valence-electron chi connectivity index (χ4n) is 4.52. The molecule has 1 aromatic heterocycles. The first-order valence-corrected chi connectivity index (χ1v) is 12.5. The number of aromatic nitrogens is 1. The van der Waals surface area contributed by atoms with Crippen LogP contribution in [-0.4, -0.2) is 29.5 Å². The molecule has 0 spiro atoms. The van der Waals surface area contributed by atoms with Gasteiger partial charge in [-0.2, -0.15) is 0 Å². The molecule has 2 aromatic carbocycles. The lowest BCUT2D eigenvalue weighted by molar-refractivity contribution is 0.174. The number of fused-ring (bicyclic) bond motifs is 1. The minimum Gasteiger partial charge on any atom is -0.454 e. The van der Waals surface area contributed by atoms with E-state index < -0.39 is 6.04 Å². The fraction of sp³-hybridized carbons (Fsp3) is 0.423. The van der Waals surface area contributed by atoms with Gasteiger partial charge in [-0.15, -0.1) is 11.3 Å². The Balaban J connectivity index is 1.39. The van der Waals surface area contributed by atoms with Gasteiger partial charge in [-0.25, -0.2) is 9.37 Å². The summed E-state index contributed by atoms with van der Waals surface area (Å²) in [5.74, 6) is 1.67. The molecule has 34 heavy (non-hydrogen) atoms. The van der Waals surface area contributed by atoms with Crippen LogP contribution in [0, 0.1) is 11.7 Å². The fourth-order valence-corrected chi connectivity index (χ4v) is 5.52. The molecule has 2 heterocycles. The number of rotatable bonds is 10. The average Bonchev–Trinajstić information content (AvgIpc) is 3.22. The highest BCUT2D eigenvalue weighted by atomic mass is 32.1. The quantitative estimate of drug-likeness (QED) is 0.368. The second-order valence-electron chi connectivity index (χ2n) is 9.47. The number of nitrogens with zero attached hydrogens (tertiary/aromatic N) is 1. The highest BCUT2D eigenvalue weighted by Gasteiger charge is 2.45. The second-order valence-corrected chi connectivity index (χ2v) is 10.5. The molecule has 3 N–H and O–H groups in total. The standard InChI is InChI=1S/C26H30FN3O3S/c1-16(2)11-18(14-31)29-24(19-5-3-4-6-20(19)27)23-13-28-25(34-23)30-26(9-10-26)17-7-8-21-22(12-17)33-15-32-21/h3-8,12-13,16,18,24,29,31H,9-11,14-15H2,1-2H3,(H,28,30)/t18-,24?/m1/s1. The Morgan fingerprint density at radius 1 is 1.15 bits per heavy atom. The Labute approximate surface area is 203 Å². The summed E-state index contributed by atoms with van der Waals surface area (Å²) in [4.78, 5) is 5.54. The van der Waals surface area contributed by atoms with E-state index in [1.54, 1.807) is 18.3 Å². The summed E-state index contributed by atoms with van der Waals surface area (Å²) in [5, 5.41) is 17.8. The van der Waals surface area contributed by atoms with Crippen molar-refractivity contribution < 1.29 is 19.0 Å². The van der Waals surface area contributed by atoms with Crippen LogP contribution in [-0.2, 0) is 5.54 Å². The summed E-state index contributed by atoms with van der Waals surface area (Å²) < 4.78 is 25.8. The molecule has 1 aliphatic heterocycles. The van der Waals surface area contributed by atoms with E-state index in [1.807, 2.05) is 18.2 Å². The van der Waals surface area contributed by atoms with Crippen LogP contribution in [0.5, 0.6) is 11.5 Å². The molecule has 0 amide bonds. The predicted molar refractivity (Wildman–Crippen MR) is 131 cm³/mol. The largest absolute Gasteiger partial charge is 0.454 e. The summed E-state index contributed by atoms with van der Waals surface area (Å²) in [6, 6.07) is 12.3. The van der Waals surface area contributed by atoms with Crippen molar-refractivity contribution >= 4 is 16.5 Å². The minimum atomic E-state index is -0.397. The molecule has 0 saturated heterocycles. The normalized spacial score (nSPS) is 17.6. The molecule has 5 rings (SSSR count). The maximum absolute atomic E-state index is 14.8. The highest BCUT2D eigenvalue weighted by molar-refractivity contribution is 7.15. The van der Waals surface area contributed by atoms with Gasteiger partial charge in [0.05, 0.1) is 18.2 Å². The van der Waals surface area contributed by atoms with Gasteiger partial charge in [0.15, 0.2) is 16.6 Å². The Morgan fingerprint density at radius 2 is 1.94 bits per heavy atom. The van der Waals surface area contributed by atoms with Crippen molar-refractivity contribution in [2.75, 3.05) is 18.7 Å². The summed E-state index contributed by atoms with van der Waals surface area (Å²) >= 11 is 1.51. The number of hydrogen-bond donors (Lipinski definition) is 3. The molecule has 8 heteroatoms. The van der Waals surface area contributed by atoms with E-state index in [1.165, 1.54) is 17.4 Å². The molecule has 1 aliphatic carbocycles. The number of aliphatic hydroxyl groups is 1. The van der Waals surface area contributed by atoms with Crippen LogP contribution in [0.1, 0.15) is 55.2 Å². The molecule has 3 aromatic rings. The molecular formula is C26H30FN3O3S. The Morgan fingerprint density at radius 3 is 2.68 bits per heavy atom. The zero-order valence-corrected chi connectivity index (χ0v) is 20.2. The molecular weight excluding hydrogens is 453 g/mol. The third kappa shape index (κ3) is 4.76. The molecule has 2 aliphatic rings. The topological polar surface area (TPSA) is 75.6 Å². The van der Waals surface area contributed by atoms with Gasteiger partial charge < -0.3 is 25.2 Å². The highest BCUT2D eigenvalue weighted by Crippen LogP contribution is 2.51. The van der Waals surface area contributed by atoms with E-state index in [0.717, 1.165) is 46.3 Å². The van der Waals surface area contributed by atoms with Gasteiger partial charge in [-0.3, -0.25) is 0 Å². The monoisotopic (exact) mass is 483 g/mol. The third-order valence-corrected chi connectivity index (χ3v) is 7.40. The summed E-state index contributed by atoms with van der Waals surface area (Å²) in [6.45, 7) is 4.47. The van der Waals surface area contributed by atoms with E-state index in [0.29, 0.717) is 11.5 Å². The molecule has 180 valence electrons. The number of anilines is 1. The lowest BCUT2D eigenvalue weighted by atomic mass is 10.00. The predicted octanol–water partition coefficient (Wildman–Crippen LogP) is 5.20. The van der Waals surface area contributed by atoms with Crippen LogP contribution in [0.25, 0.3) is 0 Å². The number of benzene rings is 2. The first-order valence-electron chi connectivity index (χ1n) is 11.7. The molecule has 6 nitrogen and oxygen atoms in total. The number of hydrogen-bond acceptors (Lipinski definition) is 7. The van der Waals surface area contributed by atoms with Gasteiger partial charge >= 0.3 is 0 Å². The van der Waals surface area contributed by atoms with E-state index in [-0.39, 0.29) is 30.8 Å². The van der Waals surface area contributed by atoms with Gasteiger partial charge in [-0.05, 0) is 48.9 Å². The van der Waals surface area contributed by atoms with E-state index in [2.05, 4.69) is 35.5 Å². The first kappa shape index (κ1) is 23.1. The van der Waals surface area contributed by atoms with E-state index >= 15 is 0 Å². The van der Waals surface area contributed by atoms with Crippen molar-refractivity contribution in [1.29, 1.82) is 0 Å². The molecule has 2 atom stereocenters. The van der Waals surface area contributed by atoms with Crippen LogP contribution in [0.3, 0.4) is 0 Å². The summed E-state index contributed by atoms with van der Waals surface area (Å²) in [5.41, 5.74) is 1.52. The SMILES string of the molecule is CC(C)C[C@H](CO)NC(c1cnc(NC2(c3ccc4c(c3)OCO4)CC2)s1)c1ccccc1F. The second kappa shape index (κ2) is 9.52. The molecule has 1 unspecified atom stereocenters. The molecule has 1 saturated carbocycles. The van der Waals surface area contributed by atoms with Crippen LogP contribution >= 0.6 is 11.3 Å². The van der Waals surface area contributed by atoms with Crippen molar-refractivity contribution in [2.45, 2.75) is 50.7 Å². The molecule has 0 bridgehead atoms. The van der Waals surface area contributed by atoms with Crippen molar-refractivity contribution in [2.24, 2.45) is 5.92 Å². The maximum Gasteiger partial charge on any atom is 0.231 e. The number of aliphatic hydroxyl groups excluding tert-OH is 1. The zero-order valence-electron chi connectivity index (χ0n) is 19.4. The number of thiazole rings is 1. The first-order chi connectivity index (χ1) is 16.5. The third-order valence-electron chi connectivity index (χ3n) is 6.42. The number of halogens is 1. The number of ether oxygens (including phenoxy) is 2. The van der Waals surface area contributed by atoms with Crippen LogP contribution in [0.2, 0.25) is 0 Å². The van der Waals surface area contributed by atoms with Crippen molar-refractivity contribution in [3.63, 3.8) is 0 Å². The van der Waals surface area contributed by atoms with E-state index in [9.17, 15) is 9.50 Å².